The lowest BCUT2D eigenvalue weighted by Crippen LogP contribution is -2.31. The predicted molar refractivity (Wildman–Crippen MR) is 90.6 cm³/mol. The second kappa shape index (κ2) is 8.51. The van der Waals surface area contributed by atoms with Crippen LogP contribution >= 0.6 is 0 Å². The summed E-state index contributed by atoms with van der Waals surface area (Å²) in [5.41, 5.74) is 2.00. The van der Waals surface area contributed by atoms with Gasteiger partial charge in [0.1, 0.15) is 5.82 Å². The number of hydrogen-bond acceptors (Lipinski definition) is 1. The summed E-state index contributed by atoms with van der Waals surface area (Å²) in [6, 6.07) is 10.6. The number of nitrogens with zero attached hydrogens (tertiary/aromatic N) is 2. The Kier molecular flexibility index (Phi) is 6.39. The topological polar surface area (TPSA) is 25.2 Å². The van der Waals surface area contributed by atoms with Crippen molar-refractivity contribution in [3.63, 3.8) is 0 Å². The molecule has 0 spiro atoms. The van der Waals surface area contributed by atoms with Crippen molar-refractivity contribution >= 4 is 5.91 Å². The zero-order valence-corrected chi connectivity index (χ0v) is 14.0. The summed E-state index contributed by atoms with van der Waals surface area (Å²) in [4.78, 5) is 14.0. The minimum Gasteiger partial charge on any atom is -0.345 e. The van der Waals surface area contributed by atoms with Gasteiger partial charge in [0, 0.05) is 31.4 Å². The Balaban J connectivity index is 2.11. The molecule has 0 fully saturated rings. The zero-order chi connectivity index (χ0) is 16.7. The molecule has 0 N–H and O–H groups in total. The number of hydrogen-bond donors (Lipinski definition) is 0. The van der Waals surface area contributed by atoms with E-state index >= 15 is 0 Å². The van der Waals surface area contributed by atoms with Gasteiger partial charge in [-0.25, -0.2) is 4.39 Å². The summed E-state index contributed by atoms with van der Waals surface area (Å²) in [6.07, 6.45) is 4.58. The van der Waals surface area contributed by atoms with E-state index in [1.54, 1.807) is 12.1 Å². The number of carbonyl (C=O) groups excluding carboxylic acids is 1. The standard InChI is InChI=1S/C19H25FN2O/c1-3-5-11-22(19(23)4-2)15-18-10-7-12-21(18)14-16-8-6-9-17(20)13-16/h6-10,12-13H,3-5,11,14-15H2,1-2H3. The van der Waals surface area contributed by atoms with Crippen molar-refractivity contribution in [2.45, 2.75) is 46.2 Å². The number of aromatic nitrogens is 1. The fourth-order valence-corrected chi connectivity index (χ4v) is 2.64. The molecule has 1 aromatic heterocycles. The van der Waals surface area contributed by atoms with Crippen LogP contribution in [0.1, 0.15) is 44.4 Å². The molecule has 0 aliphatic rings. The van der Waals surface area contributed by atoms with Gasteiger partial charge in [-0.05, 0) is 36.2 Å². The number of benzene rings is 1. The second-order valence-electron chi connectivity index (χ2n) is 5.78. The minimum absolute atomic E-state index is 0.178. The van der Waals surface area contributed by atoms with Crippen molar-refractivity contribution in [2.24, 2.45) is 0 Å². The maximum absolute atomic E-state index is 13.3. The van der Waals surface area contributed by atoms with E-state index in [4.69, 9.17) is 0 Å². The highest BCUT2D eigenvalue weighted by molar-refractivity contribution is 5.75. The molecule has 0 unspecified atom stereocenters. The third-order valence-electron chi connectivity index (χ3n) is 3.96. The predicted octanol–water partition coefficient (Wildman–Crippen LogP) is 4.21. The van der Waals surface area contributed by atoms with Crippen LogP contribution in [-0.4, -0.2) is 21.9 Å². The molecule has 0 saturated heterocycles. The maximum Gasteiger partial charge on any atom is 0.222 e. The monoisotopic (exact) mass is 316 g/mol. The number of carbonyl (C=O) groups is 1. The molecule has 2 rings (SSSR count). The summed E-state index contributed by atoms with van der Waals surface area (Å²) in [5, 5.41) is 0. The third kappa shape index (κ3) is 4.95. The van der Waals surface area contributed by atoms with Crippen LogP contribution in [0, 0.1) is 5.82 Å². The number of amides is 1. The van der Waals surface area contributed by atoms with E-state index in [0.29, 0.717) is 19.5 Å². The van der Waals surface area contributed by atoms with Gasteiger partial charge in [0.05, 0.1) is 6.54 Å². The van der Waals surface area contributed by atoms with Gasteiger partial charge in [-0.3, -0.25) is 4.79 Å². The van der Waals surface area contributed by atoms with Gasteiger partial charge < -0.3 is 9.47 Å². The first-order valence-corrected chi connectivity index (χ1v) is 8.30. The van der Waals surface area contributed by atoms with Gasteiger partial charge in [-0.15, -0.1) is 0 Å². The van der Waals surface area contributed by atoms with E-state index in [1.165, 1.54) is 6.07 Å². The molecule has 3 nitrogen and oxygen atoms in total. The maximum atomic E-state index is 13.3. The Hall–Kier alpha value is -2.10. The molecule has 0 atom stereocenters. The largest absolute Gasteiger partial charge is 0.345 e. The second-order valence-corrected chi connectivity index (χ2v) is 5.78. The van der Waals surface area contributed by atoms with Crippen molar-refractivity contribution in [1.29, 1.82) is 0 Å². The number of unbranched alkanes of at least 4 members (excludes halogenated alkanes) is 1. The van der Waals surface area contributed by atoms with Gasteiger partial charge in [-0.1, -0.05) is 32.4 Å². The van der Waals surface area contributed by atoms with Crippen LogP contribution in [0.3, 0.4) is 0 Å². The van der Waals surface area contributed by atoms with Crippen LogP contribution in [0.4, 0.5) is 4.39 Å². The van der Waals surface area contributed by atoms with Gasteiger partial charge in [0.15, 0.2) is 0 Å². The van der Waals surface area contributed by atoms with E-state index in [2.05, 4.69) is 11.5 Å². The van der Waals surface area contributed by atoms with Crippen LogP contribution in [-0.2, 0) is 17.9 Å². The van der Waals surface area contributed by atoms with E-state index < -0.39 is 0 Å². The fraction of sp³-hybridized carbons (Fsp3) is 0.421. The molecule has 0 aliphatic heterocycles. The van der Waals surface area contributed by atoms with Crippen molar-refractivity contribution in [3.8, 4) is 0 Å². The normalized spacial score (nSPS) is 10.7. The summed E-state index contributed by atoms with van der Waals surface area (Å²) in [6.45, 7) is 6.03. The fourth-order valence-electron chi connectivity index (χ4n) is 2.64. The average molecular weight is 316 g/mol. The summed E-state index contributed by atoms with van der Waals surface area (Å²) in [7, 11) is 0. The Morgan fingerprint density at radius 1 is 1.22 bits per heavy atom. The van der Waals surface area contributed by atoms with E-state index in [-0.39, 0.29) is 11.7 Å². The Bertz CT molecular complexity index is 636. The van der Waals surface area contributed by atoms with Gasteiger partial charge in [0.2, 0.25) is 5.91 Å². The van der Waals surface area contributed by atoms with Crippen molar-refractivity contribution in [2.75, 3.05) is 6.54 Å². The summed E-state index contributed by atoms with van der Waals surface area (Å²) < 4.78 is 15.4. The van der Waals surface area contributed by atoms with Gasteiger partial charge in [0.25, 0.3) is 0 Å². The summed E-state index contributed by atoms with van der Waals surface area (Å²) in [5.74, 6) is -0.0427. The Labute approximate surface area is 137 Å². The smallest absolute Gasteiger partial charge is 0.222 e. The molecular formula is C19H25FN2O. The molecule has 23 heavy (non-hydrogen) atoms. The minimum atomic E-state index is -0.220. The van der Waals surface area contributed by atoms with E-state index in [9.17, 15) is 9.18 Å². The lowest BCUT2D eigenvalue weighted by molar-refractivity contribution is -0.131. The quantitative estimate of drug-likeness (QED) is 0.716. The van der Waals surface area contributed by atoms with Crippen molar-refractivity contribution < 1.29 is 9.18 Å². The first kappa shape index (κ1) is 17.3. The molecule has 1 amide bonds. The lowest BCUT2D eigenvalue weighted by atomic mass is 10.2. The van der Waals surface area contributed by atoms with Gasteiger partial charge >= 0.3 is 0 Å². The van der Waals surface area contributed by atoms with Crippen LogP contribution in [0.15, 0.2) is 42.6 Å². The van der Waals surface area contributed by atoms with Crippen molar-refractivity contribution in [1.82, 2.24) is 9.47 Å². The first-order chi connectivity index (χ1) is 11.1. The van der Waals surface area contributed by atoms with E-state index in [0.717, 1.165) is 30.6 Å². The average Bonchev–Trinajstić information content (AvgIpc) is 2.97. The molecule has 1 aromatic carbocycles. The van der Waals surface area contributed by atoms with Crippen LogP contribution in [0.5, 0.6) is 0 Å². The molecule has 2 aromatic rings. The van der Waals surface area contributed by atoms with E-state index in [1.807, 2.05) is 36.2 Å². The Morgan fingerprint density at radius 3 is 2.74 bits per heavy atom. The van der Waals surface area contributed by atoms with Crippen LogP contribution in [0.25, 0.3) is 0 Å². The first-order valence-electron chi connectivity index (χ1n) is 8.30. The number of rotatable bonds is 8. The molecule has 4 heteroatoms. The Morgan fingerprint density at radius 2 is 2.04 bits per heavy atom. The lowest BCUT2D eigenvalue weighted by Gasteiger charge is -2.23. The summed E-state index contributed by atoms with van der Waals surface area (Å²) >= 11 is 0. The molecule has 0 bridgehead atoms. The third-order valence-corrected chi connectivity index (χ3v) is 3.96. The van der Waals surface area contributed by atoms with Crippen LogP contribution in [0.2, 0.25) is 0 Å². The molecule has 1 heterocycles. The molecule has 0 aliphatic carbocycles. The molecular weight excluding hydrogens is 291 g/mol. The molecule has 0 saturated carbocycles. The molecule has 0 radical (unpaired) electrons. The van der Waals surface area contributed by atoms with Gasteiger partial charge in [-0.2, -0.15) is 0 Å². The van der Waals surface area contributed by atoms with Crippen molar-refractivity contribution in [3.05, 3.63) is 59.7 Å². The zero-order valence-electron chi connectivity index (χ0n) is 14.0. The van der Waals surface area contributed by atoms with Crippen LogP contribution < -0.4 is 0 Å². The highest BCUT2D eigenvalue weighted by Gasteiger charge is 2.13. The molecule has 124 valence electrons. The SMILES string of the molecule is CCCCN(Cc1cccn1Cc1cccc(F)c1)C(=O)CC. The highest BCUT2D eigenvalue weighted by atomic mass is 19.1. The number of halogens is 1. The highest BCUT2D eigenvalue weighted by Crippen LogP contribution is 2.13.